The lowest BCUT2D eigenvalue weighted by Gasteiger charge is -2.11. The molecule has 0 aromatic heterocycles. The third-order valence-electron chi connectivity index (χ3n) is 2.85. The summed E-state index contributed by atoms with van der Waals surface area (Å²) in [6, 6.07) is 10.2. The van der Waals surface area contributed by atoms with Crippen LogP contribution < -0.4 is 4.72 Å². The molecule has 0 unspecified atom stereocenters. The van der Waals surface area contributed by atoms with Crippen LogP contribution in [0.3, 0.4) is 0 Å². The van der Waals surface area contributed by atoms with Gasteiger partial charge >= 0.3 is 6.18 Å². The lowest BCUT2D eigenvalue weighted by atomic mass is 10.2. The first kappa shape index (κ1) is 15.4. The number of rotatable bonds is 3. The highest BCUT2D eigenvalue weighted by Gasteiger charge is 2.30. The molecule has 3 nitrogen and oxygen atoms in total. The van der Waals surface area contributed by atoms with E-state index in [-0.39, 0.29) is 10.6 Å². The van der Waals surface area contributed by atoms with Crippen molar-refractivity contribution in [1.82, 2.24) is 0 Å². The summed E-state index contributed by atoms with van der Waals surface area (Å²) >= 11 is 0. The maximum atomic E-state index is 12.4. The smallest absolute Gasteiger partial charge is 0.280 e. The quantitative estimate of drug-likeness (QED) is 0.936. The summed E-state index contributed by atoms with van der Waals surface area (Å²) in [7, 11) is -3.82. The van der Waals surface area contributed by atoms with Gasteiger partial charge in [-0.2, -0.15) is 13.2 Å². The van der Waals surface area contributed by atoms with Crippen LogP contribution in [0, 0.1) is 6.92 Å². The van der Waals surface area contributed by atoms with Gasteiger partial charge in [-0.05, 0) is 42.8 Å². The van der Waals surface area contributed by atoms with Crippen LogP contribution in [0.5, 0.6) is 0 Å². The molecule has 0 bridgehead atoms. The summed E-state index contributed by atoms with van der Waals surface area (Å²) in [4.78, 5) is 0.0879. The number of alkyl halides is 3. The molecule has 2 aromatic carbocycles. The number of hydrogen-bond acceptors (Lipinski definition) is 2. The zero-order chi connectivity index (χ0) is 15.7. The van der Waals surface area contributed by atoms with Gasteiger partial charge in [0.15, 0.2) is 0 Å². The highest BCUT2D eigenvalue weighted by Crippen LogP contribution is 2.30. The molecular formula is C14H12F3NO2S. The highest BCUT2D eigenvalue weighted by atomic mass is 32.2. The van der Waals surface area contributed by atoms with Crippen LogP contribution in [0.15, 0.2) is 53.4 Å². The van der Waals surface area contributed by atoms with Crippen molar-refractivity contribution in [2.75, 3.05) is 4.72 Å². The van der Waals surface area contributed by atoms with Crippen LogP contribution in [0.25, 0.3) is 0 Å². The van der Waals surface area contributed by atoms with Crippen molar-refractivity contribution in [3.63, 3.8) is 0 Å². The second-order valence-corrected chi connectivity index (χ2v) is 6.10. The molecule has 0 aliphatic rings. The molecule has 0 saturated carbocycles. The van der Waals surface area contributed by atoms with Gasteiger partial charge in [-0.25, -0.2) is 8.42 Å². The summed E-state index contributed by atoms with van der Waals surface area (Å²) in [5, 5.41) is 0. The van der Waals surface area contributed by atoms with Crippen molar-refractivity contribution in [3.05, 3.63) is 59.7 Å². The molecule has 0 radical (unpaired) electrons. The maximum Gasteiger partial charge on any atom is 0.416 e. The molecule has 0 amide bonds. The van der Waals surface area contributed by atoms with E-state index in [9.17, 15) is 21.6 Å². The van der Waals surface area contributed by atoms with E-state index in [1.807, 2.05) is 0 Å². The van der Waals surface area contributed by atoms with Crippen molar-refractivity contribution >= 4 is 15.7 Å². The number of hydrogen-bond donors (Lipinski definition) is 1. The molecule has 0 atom stereocenters. The first-order valence-corrected chi connectivity index (χ1v) is 7.44. The summed E-state index contributed by atoms with van der Waals surface area (Å²) in [5.74, 6) is 0. The zero-order valence-corrected chi connectivity index (χ0v) is 11.8. The Labute approximate surface area is 120 Å². The fourth-order valence-electron chi connectivity index (χ4n) is 1.80. The van der Waals surface area contributed by atoms with Gasteiger partial charge in [0.1, 0.15) is 0 Å². The molecule has 112 valence electrons. The molecule has 2 rings (SSSR count). The SMILES string of the molecule is Cc1ccccc1S(=O)(=O)Nc1ccc(C(F)(F)F)cc1. The van der Waals surface area contributed by atoms with E-state index in [2.05, 4.69) is 4.72 Å². The minimum Gasteiger partial charge on any atom is -0.280 e. The highest BCUT2D eigenvalue weighted by molar-refractivity contribution is 7.92. The Balaban J connectivity index is 2.28. The normalized spacial score (nSPS) is 12.2. The van der Waals surface area contributed by atoms with Crippen molar-refractivity contribution in [2.24, 2.45) is 0 Å². The Morgan fingerprint density at radius 2 is 1.52 bits per heavy atom. The molecule has 0 heterocycles. The van der Waals surface area contributed by atoms with Gasteiger partial charge in [0, 0.05) is 5.69 Å². The lowest BCUT2D eigenvalue weighted by Crippen LogP contribution is -2.14. The Morgan fingerprint density at radius 3 is 2.05 bits per heavy atom. The predicted octanol–water partition coefficient (Wildman–Crippen LogP) is 3.81. The molecular weight excluding hydrogens is 303 g/mol. The minimum atomic E-state index is -4.45. The number of anilines is 1. The number of benzene rings is 2. The van der Waals surface area contributed by atoms with Crippen molar-refractivity contribution in [1.29, 1.82) is 0 Å². The van der Waals surface area contributed by atoms with E-state index in [4.69, 9.17) is 0 Å². The summed E-state index contributed by atoms with van der Waals surface area (Å²) in [6.45, 7) is 1.64. The van der Waals surface area contributed by atoms with Crippen molar-refractivity contribution in [2.45, 2.75) is 18.0 Å². The average molecular weight is 315 g/mol. The third-order valence-corrected chi connectivity index (χ3v) is 4.39. The molecule has 7 heteroatoms. The largest absolute Gasteiger partial charge is 0.416 e. The molecule has 0 aliphatic carbocycles. The fraction of sp³-hybridized carbons (Fsp3) is 0.143. The Kier molecular flexibility index (Phi) is 3.95. The van der Waals surface area contributed by atoms with Crippen molar-refractivity contribution < 1.29 is 21.6 Å². The Morgan fingerprint density at radius 1 is 0.952 bits per heavy atom. The molecule has 1 N–H and O–H groups in total. The minimum absolute atomic E-state index is 0.0752. The number of nitrogens with one attached hydrogen (secondary N) is 1. The van der Waals surface area contributed by atoms with E-state index < -0.39 is 21.8 Å². The van der Waals surface area contributed by atoms with Gasteiger partial charge in [-0.3, -0.25) is 4.72 Å². The molecule has 21 heavy (non-hydrogen) atoms. The maximum absolute atomic E-state index is 12.4. The molecule has 0 fully saturated rings. The second-order valence-electron chi connectivity index (χ2n) is 4.45. The van der Waals surface area contributed by atoms with Gasteiger partial charge in [0.05, 0.1) is 10.5 Å². The molecule has 2 aromatic rings. The predicted molar refractivity (Wildman–Crippen MR) is 73.4 cm³/mol. The van der Waals surface area contributed by atoms with Crippen LogP contribution in [-0.2, 0) is 16.2 Å². The number of halogens is 3. The molecule has 0 saturated heterocycles. The monoisotopic (exact) mass is 315 g/mol. The van der Waals surface area contributed by atoms with Gasteiger partial charge in [0.2, 0.25) is 0 Å². The van der Waals surface area contributed by atoms with Crippen LogP contribution >= 0.6 is 0 Å². The molecule has 0 spiro atoms. The van der Waals surface area contributed by atoms with Gasteiger partial charge in [-0.1, -0.05) is 18.2 Å². The first-order valence-electron chi connectivity index (χ1n) is 5.96. The fourth-order valence-corrected chi connectivity index (χ4v) is 3.10. The van der Waals surface area contributed by atoms with Crippen LogP contribution in [-0.4, -0.2) is 8.42 Å². The second kappa shape index (κ2) is 5.40. The standard InChI is InChI=1S/C14H12F3NO2S/c1-10-4-2-3-5-13(10)21(19,20)18-12-8-6-11(7-9-12)14(15,16)17/h2-9,18H,1H3. The third kappa shape index (κ3) is 3.55. The topological polar surface area (TPSA) is 46.2 Å². The van der Waals surface area contributed by atoms with Gasteiger partial charge in [0.25, 0.3) is 10.0 Å². The summed E-state index contributed by atoms with van der Waals surface area (Å²) in [5.41, 5.74) is -0.204. The van der Waals surface area contributed by atoms with Gasteiger partial charge < -0.3 is 0 Å². The lowest BCUT2D eigenvalue weighted by molar-refractivity contribution is -0.137. The molecule has 0 aliphatic heterocycles. The zero-order valence-electron chi connectivity index (χ0n) is 11.0. The van der Waals surface area contributed by atoms with Crippen LogP contribution in [0.2, 0.25) is 0 Å². The first-order chi connectivity index (χ1) is 9.70. The van der Waals surface area contributed by atoms with E-state index in [1.54, 1.807) is 25.1 Å². The summed E-state index contributed by atoms with van der Waals surface area (Å²) < 4.78 is 63.9. The Hall–Kier alpha value is -2.02. The van der Waals surface area contributed by atoms with Crippen LogP contribution in [0.4, 0.5) is 18.9 Å². The Bertz CT molecular complexity index is 738. The number of sulfonamides is 1. The van der Waals surface area contributed by atoms with Gasteiger partial charge in [-0.15, -0.1) is 0 Å². The van der Waals surface area contributed by atoms with E-state index >= 15 is 0 Å². The summed E-state index contributed by atoms with van der Waals surface area (Å²) in [6.07, 6.45) is -4.45. The average Bonchev–Trinajstić information content (AvgIpc) is 2.38. The van der Waals surface area contributed by atoms with E-state index in [1.165, 1.54) is 6.07 Å². The number of aryl methyl sites for hydroxylation is 1. The van der Waals surface area contributed by atoms with E-state index in [0.717, 1.165) is 24.3 Å². The van der Waals surface area contributed by atoms with Crippen molar-refractivity contribution in [3.8, 4) is 0 Å². The van der Waals surface area contributed by atoms with E-state index in [0.29, 0.717) is 5.56 Å². The van der Waals surface area contributed by atoms with Crippen LogP contribution in [0.1, 0.15) is 11.1 Å².